The van der Waals surface area contributed by atoms with Crippen LogP contribution in [0.15, 0.2) is 16.7 Å². The zero-order valence-electron chi connectivity index (χ0n) is 12.3. The highest BCUT2D eigenvalue weighted by Crippen LogP contribution is 2.19. The van der Waals surface area contributed by atoms with Gasteiger partial charge in [-0.25, -0.2) is 0 Å². The van der Waals surface area contributed by atoms with Crippen LogP contribution >= 0.6 is 0 Å². The van der Waals surface area contributed by atoms with E-state index in [2.05, 4.69) is 37.2 Å². The van der Waals surface area contributed by atoms with Gasteiger partial charge in [0, 0.05) is 24.7 Å². The van der Waals surface area contributed by atoms with E-state index in [1.807, 2.05) is 6.26 Å². The van der Waals surface area contributed by atoms with Crippen molar-refractivity contribution in [1.82, 2.24) is 10.2 Å². The van der Waals surface area contributed by atoms with Crippen molar-refractivity contribution in [1.29, 1.82) is 0 Å². The molecule has 1 N–H and O–H groups in total. The summed E-state index contributed by atoms with van der Waals surface area (Å²) in [6.45, 7) is 7.58. The van der Waals surface area contributed by atoms with Crippen molar-refractivity contribution in [2.24, 2.45) is 0 Å². The lowest BCUT2D eigenvalue weighted by atomic mass is 10.3. The summed E-state index contributed by atoms with van der Waals surface area (Å²) in [5, 5.41) is 3.49. The van der Waals surface area contributed by atoms with Crippen molar-refractivity contribution >= 4 is 0 Å². The number of rotatable bonds is 9. The van der Waals surface area contributed by atoms with Crippen LogP contribution in [0, 0.1) is 0 Å². The van der Waals surface area contributed by atoms with Gasteiger partial charge in [-0.1, -0.05) is 0 Å². The fraction of sp³-hybridized carbons (Fsp3) is 0.733. The number of furan rings is 1. The van der Waals surface area contributed by atoms with E-state index < -0.39 is 0 Å². The summed E-state index contributed by atoms with van der Waals surface area (Å²) in [5.41, 5.74) is 1.24. The molecule has 1 aliphatic rings. The first-order valence-electron chi connectivity index (χ1n) is 7.23. The summed E-state index contributed by atoms with van der Waals surface area (Å²) >= 11 is 0. The van der Waals surface area contributed by atoms with E-state index in [-0.39, 0.29) is 0 Å². The molecule has 1 aliphatic carbocycles. The summed E-state index contributed by atoms with van der Waals surface area (Å²) in [5.74, 6) is 1.03. The lowest BCUT2D eigenvalue weighted by molar-refractivity contribution is 0.0616. The number of likely N-dealkylation sites (N-methyl/N-ethyl adjacent to an activating group) is 1. The van der Waals surface area contributed by atoms with Crippen LogP contribution < -0.4 is 5.32 Å². The summed E-state index contributed by atoms with van der Waals surface area (Å²) in [4.78, 5) is 2.22. The van der Waals surface area contributed by atoms with Crippen LogP contribution in [-0.4, -0.2) is 37.2 Å². The molecule has 2 rings (SSSR count). The molecule has 4 nitrogen and oxygen atoms in total. The first-order chi connectivity index (χ1) is 9.13. The highest BCUT2D eigenvalue weighted by molar-refractivity contribution is 5.13. The maximum absolute atomic E-state index is 5.59. The average molecular weight is 266 g/mol. The largest absolute Gasteiger partial charge is 0.468 e. The van der Waals surface area contributed by atoms with Gasteiger partial charge >= 0.3 is 0 Å². The van der Waals surface area contributed by atoms with Crippen molar-refractivity contribution in [3.63, 3.8) is 0 Å². The second kappa shape index (κ2) is 7.08. The van der Waals surface area contributed by atoms with E-state index in [1.54, 1.807) is 0 Å². The second-order valence-corrected chi connectivity index (χ2v) is 5.73. The summed E-state index contributed by atoms with van der Waals surface area (Å²) in [7, 11) is 2.09. The van der Waals surface area contributed by atoms with E-state index in [1.165, 1.54) is 18.4 Å². The molecule has 0 spiro atoms. The number of ether oxygens (including phenoxy) is 1. The smallest absolute Gasteiger partial charge is 0.118 e. The Labute approximate surface area is 116 Å². The van der Waals surface area contributed by atoms with Crippen LogP contribution in [0.4, 0.5) is 0 Å². The van der Waals surface area contributed by atoms with Crippen LogP contribution in [0.2, 0.25) is 0 Å². The number of nitrogens with zero attached hydrogens (tertiary/aromatic N) is 1. The molecule has 0 aliphatic heterocycles. The molecule has 1 aromatic heterocycles. The average Bonchev–Trinajstić information content (AvgIpc) is 3.07. The van der Waals surface area contributed by atoms with Crippen LogP contribution in [0.25, 0.3) is 0 Å². The zero-order chi connectivity index (χ0) is 13.7. The fourth-order valence-electron chi connectivity index (χ4n) is 1.94. The molecule has 1 saturated carbocycles. The van der Waals surface area contributed by atoms with Gasteiger partial charge in [-0.15, -0.1) is 0 Å². The normalized spacial score (nSPS) is 15.6. The molecule has 0 atom stereocenters. The first-order valence-corrected chi connectivity index (χ1v) is 7.23. The van der Waals surface area contributed by atoms with Crippen LogP contribution in [0.3, 0.4) is 0 Å². The lowest BCUT2D eigenvalue weighted by Gasteiger charge is -2.16. The molecule has 0 bridgehead atoms. The van der Waals surface area contributed by atoms with E-state index in [0.29, 0.717) is 6.10 Å². The zero-order valence-corrected chi connectivity index (χ0v) is 12.3. The molecule has 0 aromatic carbocycles. The van der Waals surface area contributed by atoms with Gasteiger partial charge in [0.25, 0.3) is 0 Å². The number of hydrogen-bond donors (Lipinski definition) is 1. The molecular formula is C15H26N2O2. The van der Waals surface area contributed by atoms with Gasteiger partial charge < -0.3 is 14.5 Å². The van der Waals surface area contributed by atoms with Gasteiger partial charge in [0.2, 0.25) is 0 Å². The Morgan fingerprint density at radius 1 is 1.47 bits per heavy atom. The van der Waals surface area contributed by atoms with Gasteiger partial charge in [0.15, 0.2) is 0 Å². The second-order valence-electron chi connectivity index (χ2n) is 5.73. The highest BCUT2D eigenvalue weighted by atomic mass is 16.5. The molecule has 1 fully saturated rings. The summed E-state index contributed by atoms with van der Waals surface area (Å²) < 4.78 is 11.1. The molecule has 108 valence electrons. The van der Waals surface area contributed by atoms with Crippen molar-refractivity contribution < 1.29 is 9.15 Å². The topological polar surface area (TPSA) is 37.6 Å². The van der Waals surface area contributed by atoms with Gasteiger partial charge in [0.05, 0.1) is 25.5 Å². The van der Waals surface area contributed by atoms with E-state index in [4.69, 9.17) is 9.15 Å². The number of hydrogen-bond acceptors (Lipinski definition) is 4. The highest BCUT2D eigenvalue weighted by Gasteiger charge is 2.20. The van der Waals surface area contributed by atoms with Gasteiger partial charge in [-0.05, 0) is 39.8 Å². The molecule has 1 heterocycles. The Morgan fingerprint density at radius 2 is 2.26 bits per heavy atom. The Bertz CT molecular complexity index is 372. The van der Waals surface area contributed by atoms with Crippen LogP contribution in [0.5, 0.6) is 0 Å². The standard InChI is InChI=1S/C15H26N2O2/c1-12(2)18-7-6-17(3)10-15-8-13(11-19-15)9-16-14-4-5-14/h8,11-12,14,16H,4-7,9-10H2,1-3H3. The molecule has 0 saturated heterocycles. The molecular weight excluding hydrogens is 240 g/mol. The van der Waals surface area contributed by atoms with E-state index >= 15 is 0 Å². The van der Waals surface area contributed by atoms with Crippen molar-refractivity contribution in [2.75, 3.05) is 20.2 Å². The minimum absolute atomic E-state index is 0.303. The molecule has 19 heavy (non-hydrogen) atoms. The van der Waals surface area contributed by atoms with Gasteiger partial charge in [0.1, 0.15) is 5.76 Å². The van der Waals surface area contributed by atoms with Crippen molar-refractivity contribution in [3.8, 4) is 0 Å². The van der Waals surface area contributed by atoms with Crippen molar-refractivity contribution in [3.05, 3.63) is 23.7 Å². The molecule has 0 radical (unpaired) electrons. The third-order valence-corrected chi connectivity index (χ3v) is 3.23. The fourth-order valence-corrected chi connectivity index (χ4v) is 1.94. The van der Waals surface area contributed by atoms with Crippen LogP contribution in [0.1, 0.15) is 38.0 Å². The minimum Gasteiger partial charge on any atom is -0.468 e. The molecule has 0 unspecified atom stereocenters. The third-order valence-electron chi connectivity index (χ3n) is 3.23. The summed E-state index contributed by atoms with van der Waals surface area (Å²) in [6.07, 6.45) is 4.81. The SMILES string of the molecule is CC(C)OCCN(C)Cc1cc(CNC2CC2)co1. The van der Waals surface area contributed by atoms with E-state index in [0.717, 1.165) is 38.0 Å². The van der Waals surface area contributed by atoms with Crippen LogP contribution in [-0.2, 0) is 17.8 Å². The Morgan fingerprint density at radius 3 is 2.95 bits per heavy atom. The van der Waals surface area contributed by atoms with E-state index in [9.17, 15) is 0 Å². The maximum atomic E-state index is 5.59. The number of nitrogens with one attached hydrogen (secondary N) is 1. The predicted octanol–water partition coefficient (Wildman–Crippen LogP) is 2.39. The Balaban J connectivity index is 1.66. The van der Waals surface area contributed by atoms with Gasteiger partial charge in [-0.3, -0.25) is 4.90 Å². The monoisotopic (exact) mass is 266 g/mol. The summed E-state index contributed by atoms with van der Waals surface area (Å²) in [6, 6.07) is 2.89. The molecule has 0 amide bonds. The Hall–Kier alpha value is -0.840. The minimum atomic E-state index is 0.303. The quantitative estimate of drug-likeness (QED) is 0.745. The molecule has 1 aromatic rings. The molecule has 4 heteroatoms. The van der Waals surface area contributed by atoms with Gasteiger partial charge in [-0.2, -0.15) is 0 Å². The maximum Gasteiger partial charge on any atom is 0.118 e. The predicted molar refractivity (Wildman–Crippen MR) is 76.0 cm³/mol. The third kappa shape index (κ3) is 5.76. The Kier molecular flexibility index (Phi) is 5.43. The lowest BCUT2D eigenvalue weighted by Crippen LogP contribution is -2.23. The van der Waals surface area contributed by atoms with Crippen molar-refractivity contribution in [2.45, 2.75) is 51.9 Å². The first kappa shape index (κ1) is 14.6.